The van der Waals surface area contributed by atoms with Gasteiger partial charge in [0.25, 0.3) is 5.88 Å². The smallest absolute Gasteiger partial charge is 0.352 e. The Kier molecular flexibility index (Phi) is 4.56. The summed E-state index contributed by atoms with van der Waals surface area (Å²) in [6, 6.07) is 18.6. The van der Waals surface area contributed by atoms with Crippen molar-refractivity contribution in [1.82, 2.24) is 14.3 Å². The Morgan fingerprint density at radius 2 is 1.58 bits per heavy atom. The van der Waals surface area contributed by atoms with Crippen LogP contribution >= 0.6 is 0 Å². The van der Waals surface area contributed by atoms with E-state index in [0.717, 1.165) is 10.1 Å². The zero-order valence-corrected chi connectivity index (χ0v) is 13.3. The van der Waals surface area contributed by atoms with Crippen molar-refractivity contribution >= 4 is 0 Å². The molecule has 0 amide bonds. The van der Waals surface area contributed by atoms with Gasteiger partial charge in [-0.25, -0.2) is 4.79 Å². The fourth-order valence-corrected chi connectivity index (χ4v) is 2.44. The number of hydrogen-bond acceptors (Lipinski definition) is 4. The molecule has 0 saturated carbocycles. The van der Waals surface area contributed by atoms with E-state index in [4.69, 9.17) is 4.74 Å². The lowest BCUT2D eigenvalue weighted by Gasteiger charge is -2.11. The van der Waals surface area contributed by atoms with Gasteiger partial charge >= 0.3 is 11.2 Å². The molecule has 0 N–H and O–H groups in total. The molecular weight excluding hydrogens is 306 g/mol. The zero-order chi connectivity index (χ0) is 16.9. The average Bonchev–Trinajstić information content (AvgIpc) is 2.63. The van der Waals surface area contributed by atoms with Crippen molar-refractivity contribution in [2.75, 3.05) is 7.11 Å². The maximum Gasteiger partial charge on any atom is 0.352 e. The number of rotatable bonds is 5. The first-order chi connectivity index (χ1) is 11.7. The lowest BCUT2D eigenvalue weighted by atomic mass is 10.1. The topological polar surface area (TPSA) is 66.1 Å². The zero-order valence-electron chi connectivity index (χ0n) is 13.3. The molecule has 6 nitrogen and oxygen atoms in total. The first-order valence-corrected chi connectivity index (χ1v) is 7.58. The van der Waals surface area contributed by atoms with E-state index in [1.54, 1.807) is 24.3 Å². The van der Waals surface area contributed by atoms with E-state index in [-0.39, 0.29) is 12.4 Å². The summed E-state index contributed by atoms with van der Waals surface area (Å²) in [5, 5.41) is 4.02. The number of aromatic nitrogens is 3. The molecule has 0 spiro atoms. The third-order valence-corrected chi connectivity index (χ3v) is 3.69. The molecule has 1 heterocycles. The minimum absolute atomic E-state index is 0.105. The molecule has 3 aromatic rings. The molecule has 0 unspecified atom stereocenters. The van der Waals surface area contributed by atoms with Gasteiger partial charge in [-0.1, -0.05) is 48.5 Å². The van der Waals surface area contributed by atoms with E-state index in [9.17, 15) is 9.59 Å². The highest BCUT2D eigenvalue weighted by molar-refractivity contribution is 5.29. The number of methoxy groups -OCH3 is 1. The predicted molar refractivity (Wildman–Crippen MR) is 90.8 cm³/mol. The third kappa shape index (κ3) is 3.12. The van der Waals surface area contributed by atoms with E-state index in [1.807, 2.05) is 36.4 Å². The fourth-order valence-electron chi connectivity index (χ4n) is 2.44. The van der Waals surface area contributed by atoms with Crippen molar-refractivity contribution in [3.63, 3.8) is 0 Å². The van der Waals surface area contributed by atoms with Gasteiger partial charge in [0.2, 0.25) is 0 Å². The molecule has 0 aliphatic heterocycles. The minimum Gasteiger partial charge on any atom is -0.476 e. The standard InChI is InChI=1S/C18H17N3O3/c1-24-16-17(22)20(13-12-14-8-4-2-5-9-14)18(23)21(19-16)15-10-6-3-7-11-15/h2-11H,12-13H2,1H3. The fraction of sp³-hybridized carbons (Fsp3) is 0.167. The summed E-state index contributed by atoms with van der Waals surface area (Å²) in [6.07, 6.45) is 0.567. The van der Waals surface area contributed by atoms with Crippen molar-refractivity contribution in [2.24, 2.45) is 0 Å². The summed E-state index contributed by atoms with van der Waals surface area (Å²) in [7, 11) is 1.37. The largest absolute Gasteiger partial charge is 0.476 e. The van der Waals surface area contributed by atoms with Crippen LogP contribution in [0.3, 0.4) is 0 Å². The molecule has 0 aliphatic rings. The summed E-state index contributed by atoms with van der Waals surface area (Å²) in [5.74, 6) is -0.105. The van der Waals surface area contributed by atoms with Gasteiger partial charge < -0.3 is 4.74 Å². The van der Waals surface area contributed by atoms with E-state index >= 15 is 0 Å². The van der Waals surface area contributed by atoms with Crippen LogP contribution in [0.1, 0.15) is 5.56 Å². The average molecular weight is 323 g/mol. The molecule has 0 fully saturated rings. The van der Waals surface area contributed by atoms with Gasteiger partial charge in [0.1, 0.15) is 0 Å². The van der Waals surface area contributed by atoms with Gasteiger partial charge in [0, 0.05) is 6.54 Å². The van der Waals surface area contributed by atoms with Crippen molar-refractivity contribution in [1.29, 1.82) is 0 Å². The number of nitrogens with zero attached hydrogens (tertiary/aromatic N) is 3. The lowest BCUT2D eigenvalue weighted by Crippen LogP contribution is -2.41. The highest BCUT2D eigenvalue weighted by atomic mass is 16.5. The van der Waals surface area contributed by atoms with E-state index < -0.39 is 11.2 Å². The van der Waals surface area contributed by atoms with Gasteiger partial charge in [0.15, 0.2) is 0 Å². The number of para-hydroxylation sites is 1. The van der Waals surface area contributed by atoms with Crippen LogP contribution < -0.4 is 16.0 Å². The molecule has 0 radical (unpaired) electrons. The molecule has 0 atom stereocenters. The number of aryl methyl sites for hydroxylation is 1. The van der Waals surface area contributed by atoms with Gasteiger partial charge in [-0.3, -0.25) is 9.36 Å². The third-order valence-electron chi connectivity index (χ3n) is 3.69. The van der Waals surface area contributed by atoms with Crippen LogP contribution in [0.5, 0.6) is 5.88 Å². The molecule has 6 heteroatoms. The first-order valence-electron chi connectivity index (χ1n) is 7.58. The molecule has 0 bridgehead atoms. The number of hydrogen-bond donors (Lipinski definition) is 0. The summed E-state index contributed by atoms with van der Waals surface area (Å²) >= 11 is 0. The van der Waals surface area contributed by atoms with E-state index in [0.29, 0.717) is 12.1 Å². The van der Waals surface area contributed by atoms with Gasteiger partial charge in [-0.15, -0.1) is 5.10 Å². The van der Waals surface area contributed by atoms with Crippen LogP contribution in [0.25, 0.3) is 5.69 Å². The van der Waals surface area contributed by atoms with Crippen molar-refractivity contribution < 1.29 is 4.74 Å². The quantitative estimate of drug-likeness (QED) is 0.716. The Hall–Kier alpha value is -3.15. The molecule has 2 aromatic carbocycles. The van der Waals surface area contributed by atoms with Gasteiger partial charge in [0.05, 0.1) is 12.8 Å². The van der Waals surface area contributed by atoms with Crippen molar-refractivity contribution in [2.45, 2.75) is 13.0 Å². The van der Waals surface area contributed by atoms with Crippen LogP contribution in [-0.4, -0.2) is 21.5 Å². The van der Waals surface area contributed by atoms with Crippen LogP contribution in [0, 0.1) is 0 Å². The maximum atomic E-state index is 12.7. The first kappa shape index (κ1) is 15.7. The normalized spacial score (nSPS) is 10.5. The summed E-state index contributed by atoms with van der Waals surface area (Å²) in [6.45, 7) is 0.257. The highest BCUT2D eigenvalue weighted by Gasteiger charge is 2.14. The SMILES string of the molecule is COc1nn(-c2ccccc2)c(=O)n(CCc2ccccc2)c1=O. The lowest BCUT2D eigenvalue weighted by molar-refractivity contribution is 0.365. The Labute approximate surface area is 138 Å². The minimum atomic E-state index is -0.523. The predicted octanol–water partition coefficient (Wildman–Crippen LogP) is 1.65. The Bertz CT molecular complexity index is 931. The number of ether oxygens (including phenoxy) is 1. The molecule has 0 aliphatic carbocycles. The molecule has 24 heavy (non-hydrogen) atoms. The molecule has 0 saturated heterocycles. The van der Waals surface area contributed by atoms with Crippen LogP contribution in [0.4, 0.5) is 0 Å². The second-order valence-corrected chi connectivity index (χ2v) is 5.23. The summed E-state index contributed by atoms with van der Waals surface area (Å²) in [5.41, 5.74) is 0.619. The Balaban J connectivity index is 2.05. The van der Waals surface area contributed by atoms with Crippen LogP contribution in [-0.2, 0) is 13.0 Å². The Morgan fingerprint density at radius 3 is 2.21 bits per heavy atom. The van der Waals surface area contributed by atoms with Crippen LogP contribution in [0.15, 0.2) is 70.3 Å². The maximum absolute atomic E-state index is 12.7. The summed E-state index contributed by atoms with van der Waals surface area (Å²) in [4.78, 5) is 25.1. The van der Waals surface area contributed by atoms with Crippen LogP contribution in [0.2, 0.25) is 0 Å². The Morgan fingerprint density at radius 1 is 0.958 bits per heavy atom. The van der Waals surface area contributed by atoms with Crippen molar-refractivity contribution in [3.05, 3.63) is 87.1 Å². The monoisotopic (exact) mass is 323 g/mol. The van der Waals surface area contributed by atoms with E-state index in [2.05, 4.69) is 5.10 Å². The van der Waals surface area contributed by atoms with E-state index in [1.165, 1.54) is 11.8 Å². The number of benzene rings is 2. The van der Waals surface area contributed by atoms with Gasteiger partial charge in [-0.2, -0.15) is 4.68 Å². The molecule has 1 aromatic heterocycles. The second-order valence-electron chi connectivity index (χ2n) is 5.23. The molecule has 3 rings (SSSR count). The molecule has 122 valence electrons. The molecular formula is C18H17N3O3. The highest BCUT2D eigenvalue weighted by Crippen LogP contribution is 2.05. The second kappa shape index (κ2) is 6.95. The van der Waals surface area contributed by atoms with Crippen molar-refractivity contribution in [3.8, 4) is 11.6 Å². The van der Waals surface area contributed by atoms with Gasteiger partial charge in [-0.05, 0) is 24.1 Å². The summed E-state index contributed by atoms with van der Waals surface area (Å²) < 4.78 is 7.39.